The number of rotatable bonds is 3. The summed E-state index contributed by atoms with van der Waals surface area (Å²) >= 11 is 3.37. The van der Waals surface area contributed by atoms with Crippen molar-refractivity contribution in [1.29, 1.82) is 0 Å². The highest BCUT2D eigenvalue weighted by molar-refractivity contribution is 9.10. The lowest BCUT2D eigenvalue weighted by Gasteiger charge is -2.10. The maximum absolute atomic E-state index is 12.2. The van der Waals surface area contributed by atoms with Gasteiger partial charge in [0.1, 0.15) is 17.1 Å². The van der Waals surface area contributed by atoms with E-state index >= 15 is 0 Å². The Labute approximate surface area is 165 Å². The second-order valence-corrected chi connectivity index (χ2v) is 7.62. The minimum absolute atomic E-state index is 0.0880. The fourth-order valence-electron chi connectivity index (χ4n) is 3.47. The van der Waals surface area contributed by atoms with Gasteiger partial charge >= 0.3 is 0 Å². The summed E-state index contributed by atoms with van der Waals surface area (Å²) in [6.07, 6.45) is 5.51. The van der Waals surface area contributed by atoms with Crippen LogP contribution >= 0.6 is 15.9 Å². The number of carbonyl (C=O) groups is 1. The molecule has 1 amide bonds. The third kappa shape index (κ3) is 3.37. The van der Waals surface area contributed by atoms with Crippen LogP contribution in [0.5, 0.6) is 5.75 Å². The van der Waals surface area contributed by atoms with Crippen LogP contribution in [-0.4, -0.2) is 17.2 Å². The molecular formula is C21H19BrN2O3. The summed E-state index contributed by atoms with van der Waals surface area (Å²) in [6, 6.07) is 9.04. The number of carbonyl (C=O) groups excluding carboxylic acids is 1. The van der Waals surface area contributed by atoms with Gasteiger partial charge in [0.25, 0.3) is 5.91 Å². The molecule has 0 aliphatic heterocycles. The summed E-state index contributed by atoms with van der Waals surface area (Å²) < 4.78 is 6.52. The van der Waals surface area contributed by atoms with E-state index < -0.39 is 0 Å². The first-order chi connectivity index (χ1) is 13.0. The molecule has 2 aromatic carbocycles. The molecule has 0 spiro atoms. The normalized spacial score (nSPS) is 13.9. The molecule has 1 heterocycles. The van der Waals surface area contributed by atoms with Gasteiger partial charge in [0.05, 0.1) is 10.7 Å². The molecule has 4 rings (SSSR count). The number of nitrogens with zero attached hydrogens (tertiary/aromatic N) is 1. The van der Waals surface area contributed by atoms with Gasteiger partial charge in [0.2, 0.25) is 0 Å². The van der Waals surface area contributed by atoms with Crippen molar-refractivity contribution < 1.29 is 14.3 Å². The molecule has 0 saturated heterocycles. The van der Waals surface area contributed by atoms with Crippen molar-refractivity contribution in [2.45, 2.75) is 32.6 Å². The van der Waals surface area contributed by atoms with E-state index in [0.29, 0.717) is 15.6 Å². The lowest BCUT2D eigenvalue weighted by molar-refractivity contribution is 0.0955. The Morgan fingerprint density at radius 3 is 2.78 bits per heavy atom. The first-order valence-electron chi connectivity index (χ1n) is 8.90. The third-order valence-electron chi connectivity index (χ3n) is 4.88. The monoisotopic (exact) mass is 426 g/mol. The molecule has 0 radical (unpaired) electrons. The number of benzene rings is 2. The van der Waals surface area contributed by atoms with E-state index in [4.69, 9.17) is 4.42 Å². The minimum Gasteiger partial charge on any atom is -0.506 e. The van der Waals surface area contributed by atoms with Crippen molar-refractivity contribution in [2.24, 2.45) is 5.10 Å². The average Bonchev–Trinajstić information content (AvgIpc) is 3.03. The average molecular weight is 427 g/mol. The van der Waals surface area contributed by atoms with Gasteiger partial charge in [0, 0.05) is 28.5 Å². The summed E-state index contributed by atoms with van der Waals surface area (Å²) in [5.41, 5.74) is 6.54. The van der Waals surface area contributed by atoms with E-state index in [9.17, 15) is 9.90 Å². The van der Waals surface area contributed by atoms with E-state index in [-0.39, 0.29) is 11.7 Å². The van der Waals surface area contributed by atoms with Gasteiger partial charge in [0.15, 0.2) is 0 Å². The largest absolute Gasteiger partial charge is 0.506 e. The predicted molar refractivity (Wildman–Crippen MR) is 108 cm³/mol. The van der Waals surface area contributed by atoms with Gasteiger partial charge < -0.3 is 9.52 Å². The van der Waals surface area contributed by atoms with Crippen LogP contribution in [0.4, 0.5) is 0 Å². The van der Waals surface area contributed by atoms with E-state index in [2.05, 4.69) is 26.5 Å². The number of amides is 1. The Kier molecular flexibility index (Phi) is 4.74. The van der Waals surface area contributed by atoms with Crippen LogP contribution < -0.4 is 5.43 Å². The molecule has 1 aromatic heterocycles. The Morgan fingerprint density at radius 2 is 2.00 bits per heavy atom. The molecule has 0 unspecified atom stereocenters. The fourth-order valence-corrected chi connectivity index (χ4v) is 3.89. The molecule has 2 N–H and O–H groups in total. The Balaban J connectivity index is 1.67. The van der Waals surface area contributed by atoms with Gasteiger partial charge in [-0.1, -0.05) is 17.7 Å². The maximum atomic E-state index is 12.2. The number of hydrogen-bond donors (Lipinski definition) is 2. The summed E-state index contributed by atoms with van der Waals surface area (Å²) in [5, 5.41) is 15.5. The van der Waals surface area contributed by atoms with Gasteiger partial charge in [-0.25, -0.2) is 5.43 Å². The van der Waals surface area contributed by atoms with Crippen LogP contribution in [0.25, 0.3) is 11.0 Å². The van der Waals surface area contributed by atoms with E-state index in [1.807, 2.05) is 19.1 Å². The highest BCUT2D eigenvalue weighted by atomic mass is 79.9. The van der Waals surface area contributed by atoms with Crippen LogP contribution in [0.2, 0.25) is 0 Å². The first-order valence-corrected chi connectivity index (χ1v) is 9.69. The quantitative estimate of drug-likeness (QED) is 0.464. The van der Waals surface area contributed by atoms with E-state index in [1.54, 1.807) is 18.2 Å². The zero-order valence-corrected chi connectivity index (χ0v) is 16.5. The molecule has 1 aliphatic carbocycles. The molecule has 0 fully saturated rings. The molecular weight excluding hydrogens is 408 g/mol. The summed E-state index contributed by atoms with van der Waals surface area (Å²) in [6.45, 7) is 1.97. The second kappa shape index (κ2) is 7.19. The SMILES string of the molecule is Cc1ccc(C(=O)NN=Cc2c(O)c(Br)cc3oc4c(c23)CCCC4)cc1. The standard InChI is InChI=1S/C21H19BrN2O3/c1-12-6-8-13(9-7-12)21(26)24-23-11-15-19-14-4-2-3-5-17(14)27-18(19)10-16(22)20(15)25/h6-11,25H,2-5H2,1H3,(H,24,26). The zero-order chi connectivity index (χ0) is 19.0. The van der Waals surface area contributed by atoms with Crippen LogP contribution in [0.15, 0.2) is 44.3 Å². The fraction of sp³-hybridized carbons (Fsp3) is 0.238. The summed E-state index contributed by atoms with van der Waals surface area (Å²) in [5.74, 6) is 0.767. The van der Waals surface area contributed by atoms with Crippen molar-refractivity contribution in [3.8, 4) is 5.75 Å². The molecule has 0 atom stereocenters. The molecule has 27 heavy (non-hydrogen) atoms. The predicted octanol–water partition coefficient (Wildman–Crippen LogP) is 4.85. The van der Waals surface area contributed by atoms with Crippen LogP contribution in [0.3, 0.4) is 0 Å². The molecule has 0 bridgehead atoms. The van der Waals surface area contributed by atoms with E-state index in [0.717, 1.165) is 53.5 Å². The van der Waals surface area contributed by atoms with Gasteiger partial charge in [-0.15, -0.1) is 0 Å². The molecule has 3 aromatic rings. The number of hydrogen-bond acceptors (Lipinski definition) is 4. The third-order valence-corrected chi connectivity index (χ3v) is 5.49. The summed E-state index contributed by atoms with van der Waals surface area (Å²) in [7, 11) is 0. The van der Waals surface area contributed by atoms with Gasteiger partial charge in [-0.05, 0) is 60.3 Å². The Morgan fingerprint density at radius 1 is 1.26 bits per heavy atom. The van der Waals surface area contributed by atoms with Crippen molar-refractivity contribution in [2.75, 3.05) is 0 Å². The highest BCUT2D eigenvalue weighted by Crippen LogP contribution is 2.40. The number of halogens is 1. The number of hydrazone groups is 1. The molecule has 5 nitrogen and oxygen atoms in total. The minimum atomic E-state index is -0.300. The number of nitrogens with one attached hydrogen (secondary N) is 1. The topological polar surface area (TPSA) is 74.8 Å². The van der Waals surface area contributed by atoms with Crippen molar-refractivity contribution >= 4 is 39.0 Å². The first kappa shape index (κ1) is 17.8. The van der Waals surface area contributed by atoms with Crippen molar-refractivity contribution in [3.63, 3.8) is 0 Å². The van der Waals surface area contributed by atoms with Crippen molar-refractivity contribution in [3.05, 3.63) is 62.8 Å². The Hall–Kier alpha value is -2.60. The molecule has 6 heteroatoms. The Bertz CT molecular complexity index is 1050. The van der Waals surface area contributed by atoms with Crippen molar-refractivity contribution in [1.82, 2.24) is 5.43 Å². The highest BCUT2D eigenvalue weighted by Gasteiger charge is 2.22. The number of aryl methyl sites for hydroxylation is 3. The molecule has 0 saturated carbocycles. The maximum Gasteiger partial charge on any atom is 0.271 e. The lowest BCUT2D eigenvalue weighted by Crippen LogP contribution is -2.17. The smallest absolute Gasteiger partial charge is 0.271 e. The lowest BCUT2D eigenvalue weighted by atomic mass is 9.94. The number of fused-ring (bicyclic) bond motifs is 3. The van der Waals surface area contributed by atoms with E-state index in [1.165, 1.54) is 6.21 Å². The zero-order valence-electron chi connectivity index (χ0n) is 14.9. The summed E-state index contributed by atoms with van der Waals surface area (Å²) in [4.78, 5) is 12.2. The van der Waals surface area contributed by atoms with Crippen LogP contribution in [-0.2, 0) is 12.8 Å². The molecule has 138 valence electrons. The number of furan rings is 1. The second-order valence-electron chi connectivity index (χ2n) is 6.77. The van der Waals surface area contributed by atoms with Crippen LogP contribution in [0.1, 0.15) is 45.7 Å². The number of phenols is 1. The number of aromatic hydroxyl groups is 1. The van der Waals surface area contributed by atoms with Crippen LogP contribution in [0, 0.1) is 6.92 Å². The molecule has 1 aliphatic rings. The number of phenolic OH excluding ortho intramolecular Hbond substituents is 1. The van der Waals surface area contributed by atoms with Gasteiger partial charge in [-0.3, -0.25) is 4.79 Å². The van der Waals surface area contributed by atoms with Gasteiger partial charge in [-0.2, -0.15) is 5.10 Å².